The molecule has 1 aromatic carbocycles. The van der Waals surface area contributed by atoms with Crippen molar-refractivity contribution in [1.29, 1.82) is 0 Å². The van der Waals surface area contributed by atoms with Gasteiger partial charge < -0.3 is 5.73 Å². The molecule has 0 spiro atoms. The molecule has 0 aliphatic heterocycles. The molecule has 0 atom stereocenters. The van der Waals surface area contributed by atoms with Crippen LogP contribution >= 0.6 is 0 Å². The molecule has 0 fully saturated rings. The molecule has 6 heteroatoms. The maximum atomic E-state index is 12.9. The smallest absolute Gasteiger partial charge is 0.243 e. The van der Waals surface area contributed by atoms with E-state index in [1.54, 1.807) is 0 Å². The van der Waals surface area contributed by atoms with E-state index in [9.17, 15) is 12.8 Å². The standard InChI is InChI=1S/C13H21FN2O2S/c1-3-12(4-2)16(10-9-15)19(17,18)13-7-5-11(14)6-8-13/h5-8,12H,3-4,9-10,15H2,1-2H3. The molecule has 0 aliphatic carbocycles. The van der Waals surface area contributed by atoms with Gasteiger partial charge in [-0.2, -0.15) is 4.31 Å². The van der Waals surface area contributed by atoms with Crippen LogP contribution in [-0.2, 0) is 10.0 Å². The lowest BCUT2D eigenvalue weighted by molar-refractivity contribution is 0.309. The lowest BCUT2D eigenvalue weighted by Gasteiger charge is -2.29. The molecule has 19 heavy (non-hydrogen) atoms. The molecule has 0 saturated carbocycles. The molecule has 2 N–H and O–H groups in total. The van der Waals surface area contributed by atoms with Crippen molar-refractivity contribution in [3.8, 4) is 0 Å². The van der Waals surface area contributed by atoms with Gasteiger partial charge in [-0.15, -0.1) is 0 Å². The summed E-state index contributed by atoms with van der Waals surface area (Å²) in [6.07, 6.45) is 1.44. The van der Waals surface area contributed by atoms with Crippen LogP contribution in [0.4, 0.5) is 4.39 Å². The van der Waals surface area contributed by atoms with Crippen molar-refractivity contribution >= 4 is 10.0 Å². The van der Waals surface area contributed by atoms with Crippen LogP contribution in [0.5, 0.6) is 0 Å². The Morgan fingerprint density at radius 1 is 1.21 bits per heavy atom. The maximum absolute atomic E-state index is 12.9. The van der Waals surface area contributed by atoms with Crippen LogP contribution in [0.3, 0.4) is 0 Å². The molecule has 0 bridgehead atoms. The SMILES string of the molecule is CCC(CC)N(CCN)S(=O)(=O)c1ccc(F)cc1. The van der Waals surface area contributed by atoms with E-state index in [2.05, 4.69) is 0 Å². The van der Waals surface area contributed by atoms with Crippen molar-refractivity contribution in [2.45, 2.75) is 37.6 Å². The summed E-state index contributed by atoms with van der Waals surface area (Å²) in [5.41, 5.74) is 5.51. The fourth-order valence-corrected chi connectivity index (χ4v) is 3.85. The minimum absolute atomic E-state index is 0.0846. The van der Waals surface area contributed by atoms with Crippen LogP contribution in [0.15, 0.2) is 29.2 Å². The lowest BCUT2D eigenvalue weighted by atomic mass is 10.2. The largest absolute Gasteiger partial charge is 0.329 e. The van der Waals surface area contributed by atoms with Crippen molar-refractivity contribution < 1.29 is 12.8 Å². The Balaban J connectivity index is 3.15. The number of benzene rings is 1. The summed E-state index contributed by atoms with van der Waals surface area (Å²) in [4.78, 5) is 0.106. The molecule has 1 aromatic rings. The molecule has 0 aromatic heterocycles. The van der Waals surface area contributed by atoms with Crippen LogP contribution in [0.2, 0.25) is 0 Å². The van der Waals surface area contributed by atoms with Crippen molar-refractivity contribution in [3.63, 3.8) is 0 Å². The first-order chi connectivity index (χ1) is 8.97. The van der Waals surface area contributed by atoms with Gasteiger partial charge >= 0.3 is 0 Å². The molecule has 1 rings (SSSR count). The summed E-state index contributed by atoms with van der Waals surface area (Å²) in [7, 11) is -3.62. The average Bonchev–Trinajstić information content (AvgIpc) is 2.39. The summed E-state index contributed by atoms with van der Waals surface area (Å²) in [6, 6.07) is 4.80. The Labute approximate surface area is 114 Å². The van der Waals surface area contributed by atoms with Crippen molar-refractivity contribution in [1.82, 2.24) is 4.31 Å². The van der Waals surface area contributed by atoms with Crippen molar-refractivity contribution in [2.75, 3.05) is 13.1 Å². The molecular formula is C13H21FN2O2S. The van der Waals surface area contributed by atoms with Gasteiger partial charge in [-0.05, 0) is 37.1 Å². The summed E-state index contributed by atoms with van der Waals surface area (Å²) >= 11 is 0. The van der Waals surface area contributed by atoms with E-state index in [4.69, 9.17) is 5.73 Å². The van der Waals surface area contributed by atoms with Crippen LogP contribution in [0.1, 0.15) is 26.7 Å². The van der Waals surface area contributed by atoms with Gasteiger partial charge in [0.05, 0.1) is 4.90 Å². The number of rotatable bonds is 7. The van der Waals surface area contributed by atoms with Gasteiger partial charge in [0, 0.05) is 19.1 Å². The lowest BCUT2D eigenvalue weighted by Crippen LogP contribution is -2.42. The Morgan fingerprint density at radius 3 is 2.16 bits per heavy atom. The second-order valence-electron chi connectivity index (χ2n) is 4.33. The maximum Gasteiger partial charge on any atom is 0.243 e. The zero-order chi connectivity index (χ0) is 14.5. The van der Waals surface area contributed by atoms with Gasteiger partial charge in [-0.3, -0.25) is 0 Å². The normalized spacial score (nSPS) is 12.3. The van der Waals surface area contributed by atoms with Gasteiger partial charge in [-0.25, -0.2) is 12.8 Å². The van der Waals surface area contributed by atoms with E-state index in [1.165, 1.54) is 16.4 Å². The molecule has 0 amide bonds. The second-order valence-corrected chi connectivity index (χ2v) is 6.22. The summed E-state index contributed by atoms with van der Waals surface area (Å²) < 4.78 is 39.4. The molecular weight excluding hydrogens is 267 g/mol. The molecule has 0 unspecified atom stereocenters. The van der Waals surface area contributed by atoms with E-state index in [0.29, 0.717) is 0 Å². The Kier molecular flexibility index (Phi) is 5.90. The topological polar surface area (TPSA) is 63.4 Å². The molecule has 0 radical (unpaired) electrons. The third kappa shape index (κ3) is 3.75. The monoisotopic (exact) mass is 288 g/mol. The van der Waals surface area contributed by atoms with E-state index in [0.717, 1.165) is 25.0 Å². The average molecular weight is 288 g/mol. The minimum Gasteiger partial charge on any atom is -0.329 e. The van der Waals surface area contributed by atoms with Gasteiger partial charge in [0.25, 0.3) is 0 Å². The van der Waals surface area contributed by atoms with Crippen LogP contribution in [-0.4, -0.2) is 31.9 Å². The van der Waals surface area contributed by atoms with E-state index in [1.807, 2.05) is 13.8 Å². The Hall–Kier alpha value is -0.980. The van der Waals surface area contributed by atoms with Crippen LogP contribution in [0.25, 0.3) is 0 Å². The predicted octanol–water partition coefficient (Wildman–Crippen LogP) is 1.96. The third-order valence-electron chi connectivity index (χ3n) is 3.12. The highest BCUT2D eigenvalue weighted by molar-refractivity contribution is 7.89. The highest BCUT2D eigenvalue weighted by atomic mass is 32.2. The quantitative estimate of drug-likeness (QED) is 0.834. The number of halogens is 1. The highest BCUT2D eigenvalue weighted by Gasteiger charge is 2.28. The molecule has 108 valence electrons. The first-order valence-corrected chi connectivity index (χ1v) is 7.88. The number of hydrogen-bond acceptors (Lipinski definition) is 3. The number of sulfonamides is 1. The first kappa shape index (κ1) is 16.1. The molecule has 0 aliphatic rings. The van der Waals surface area contributed by atoms with Gasteiger partial charge in [-0.1, -0.05) is 13.8 Å². The fourth-order valence-electron chi connectivity index (χ4n) is 2.06. The van der Waals surface area contributed by atoms with Gasteiger partial charge in [0.15, 0.2) is 0 Å². The zero-order valence-corrected chi connectivity index (χ0v) is 12.2. The molecule has 0 saturated heterocycles. The number of hydrogen-bond donors (Lipinski definition) is 1. The summed E-state index contributed by atoms with van der Waals surface area (Å²) in [5.74, 6) is -0.452. The fraction of sp³-hybridized carbons (Fsp3) is 0.538. The minimum atomic E-state index is -3.62. The second kappa shape index (κ2) is 6.98. The van der Waals surface area contributed by atoms with E-state index < -0.39 is 15.8 Å². The first-order valence-electron chi connectivity index (χ1n) is 6.44. The molecule has 4 nitrogen and oxygen atoms in total. The van der Waals surface area contributed by atoms with E-state index >= 15 is 0 Å². The Morgan fingerprint density at radius 2 is 1.74 bits per heavy atom. The van der Waals surface area contributed by atoms with Crippen molar-refractivity contribution in [3.05, 3.63) is 30.1 Å². The van der Waals surface area contributed by atoms with Gasteiger partial charge in [0.2, 0.25) is 10.0 Å². The summed E-state index contributed by atoms with van der Waals surface area (Å²) in [6.45, 7) is 4.42. The summed E-state index contributed by atoms with van der Waals surface area (Å²) in [5, 5.41) is 0. The molecule has 0 heterocycles. The van der Waals surface area contributed by atoms with Crippen LogP contribution in [0, 0.1) is 5.82 Å². The number of nitrogens with two attached hydrogens (primary N) is 1. The van der Waals surface area contributed by atoms with Crippen LogP contribution < -0.4 is 5.73 Å². The third-order valence-corrected chi connectivity index (χ3v) is 5.09. The highest BCUT2D eigenvalue weighted by Crippen LogP contribution is 2.21. The van der Waals surface area contributed by atoms with Crippen molar-refractivity contribution in [2.24, 2.45) is 5.73 Å². The van der Waals surface area contributed by atoms with Gasteiger partial charge in [0.1, 0.15) is 5.82 Å². The zero-order valence-electron chi connectivity index (χ0n) is 11.3. The predicted molar refractivity (Wildman–Crippen MR) is 73.7 cm³/mol. The van der Waals surface area contributed by atoms with E-state index in [-0.39, 0.29) is 24.0 Å². The number of nitrogens with zero attached hydrogens (tertiary/aromatic N) is 1. The Bertz CT molecular complexity index is 484.